The third-order valence-corrected chi connectivity index (χ3v) is 8.63. The van der Waals surface area contributed by atoms with Gasteiger partial charge in [0, 0.05) is 4.88 Å². The lowest BCUT2D eigenvalue weighted by Gasteiger charge is -2.28. The van der Waals surface area contributed by atoms with Crippen molar-refractivity contribution < 1.29 is 9.21 Å². The number of nitrogens with one attached hydrogen (secondary N) is 1. The van der Waals surface area contributed by atoms with Crippen LogP contribution in [-0.4, -0.2) is 26.2 Å². The number of rotatable bonds is 7. The Hall–Kier alpha value is -2.57. The van der Waals surface area contributed by atoms with Gasteiger partial charge in [0.25, 0.3) is 5.56 Å². The standard InChI is InChI=1S/C24H28N4O3S2/c1-14(2)24(4,13-25)27-20(29)15(3)32-23-26-21-19(17-9-5-6-10-18(17)33-21)22(30)28(23)12-16-8-7-11-31-16/h7-8,11,14-15H,5-6,9-10,12H2,1-4H3,(H,27,29). The van der Waals surface area contributed by atoms with Crippen LogP contribution in [-0.2, 0) is 24.2 Å². The van der Waals surface area contributed by atoms with Crippen molar-refractivity contribution in [2.45, 2.75) is 75.9 Å². The van der Waals surface area contributed by atoms with Crippen LogP contribution in [0.4, 0.5) is 0 Å². The lowest BCUT2D eigenvalue weighted by Crippen LogP contribution is -2.51. The van der Waals surface area contributed by atoms with Crippen LogP contribution >= 0.6 is 23.1 Å². The highest BCUT2D eigenvalue weighted by molar-refractivity contribution is 8.00. The van der Waals surface area contributed by atoms with Crippen molar-refractivity contribution in [1.29, 1.82) is 5.26 Å². The first-order chi connectivity index (χ1) is 15.7. The molecule has 3 aromatic rings. The Labute approximate surface area is 201 Å². The number of aryl methyl sites for hydroxylation is 2. The number of amides is 1. The average Bonchev–Trinajstić information content (AvgIpc) is 3.43. The molecule has 0 saturated carbocycles. The summed E-state index contributed by atoms with van der Waals surface area (Å²) in [7, 11) is 0. The van der Waals surface area contributed by atoms with E-state index in [-0.39, 0.29) is 23.9 Å². The van der Waals surface area contributed by atoms with Crippen LogP contribution in [0, 0.1) is 17.2 Å². The number of aromatic nitrogens is 2. The average molecular weight is 485 g/mol. The Kier molecular flexibility index (Phi) is 6.68. The number of carbonyl (C=O) groups is 1. The van der Waals surface area contributed by atoms with E-state index in [0.29, 0.717) is 16.3 Å². The zero-order valence-corrected chi connectivity index (χ0v) is 20.9. The summed E-state index contributed by atoms with van der Waals surface area (Å²) >= 11 is 2.83. The molecule has 1 N–H and O–H groups in total. The molecule has 1 amide bonds. The van der Waals surface area contributed by atoms with Gasteiger partial charge in [-0.2, -0.15) is 5.26 Å². The Balaban J connectivity index is 1.72. The molecule has 33 heavy (non-hydrogen) atoms. The molecule has 4 rings (SSSR count). The van der Waals surface area contributed by atoms with E-state index in [4.69, 9.17) is 9.40 Å². The zero-order chi connectivity index (χ0) is 23.8. The van der Waals surface area contributed by atoms with Gasteiger partial charge < -0.3 is 9.73 Å². The van der Waals surface area contributed by atoms with Crippen molar-refractivity contribution in [2.24, 2.45) is 5.92 Å². The molecule has 0 aliphatic heterocycles. The van der Waals surface area contributed by atoms with Crippen LogP contribution in [0.2, 0.25) is 0 Å². The number of furan rings is 1. The van der Waals surface area contributed by atoms with E-state index >= 15 is 0 Å². The smallest absolute Gasteiger partial charge is 0.263 e. The van der Waals surface area contributed by atoms with E-state index in [1.807, 2.05) is 19.9 Å². The molecule has 0 aromatic carbocycles. The molecular formula is C24H28N4O3S2. The largest absolute Gasteiger partial charge is 0.467 e. The van der Waals surface area contributed by atoms with Gasteiger partial charge >= 0.3 is 0 Å². The number of nitrogens with zero attached hydrogens (tertiary/aromatic N) is 3. The molecule has 0 bridgehead atoms. The second-order valence-corrected chi connectivity index (χ2v) is 11.4. The molecule has 9 heteroatoms. The maximum Gasteiger partial charge on any atom is 0.263 e. The third kappa shape index (κ3) is 4.59. The lowest BCUT2D eigenvalue weighted by molar-refractivity contribution is -0.121. The molecule has 174 valence electrons. The SMILES string of the molecule is CC(Sc1nc2sc3c(c2c(=O)n1Cc1ccco1)CCCC3)C(=O)NC(C)(C#N)C(C)C. The summed E-state index contributed by atoms with van der Waals surface area (Å²) in [5.74, 6) is 0.341. The van der Waals surface area contributed by atoms with Crippen molar-refractivity contribution >= 4 is 39.2 Å². The van der Waals surface area contributed by atoms with Crippen molar-refractivity contribution in [3.63, 3.8) is 0 Å². The summed E-state index contributed by atoms with van der Waals surface area (Å²) in [6.45, 7) is 7.54. The Morgan fingerprint density at radius 3 is 2.82 bits per heavy atom. The summed E-state index contributed by atoms with van der Waals surface area (Å²) in [4.78, 5) is 33.4. The predicted molar refractivity (Wildman–Crippen MR) is 131 cm³/mol. The summed E-state index contributed by atoms with van der Waals surface area (Å²) in [5, 5.41) is 13.1. The van der Waals surface area contributed by atoms with Gasteiger partial charge in [-0.3, -0.25) is 14.2 Å². The van der Waals surface area contributed by atoms with Crippen molar-refractivity contribution in [2.75, 3.05) is 0 Å². The van der Waals surface area contributed by atoms with E-state index < -0.39 is 10.8 Å². The first-order valence-electron chi connectivity index (χ1n) is 11.2. The van der Waals surface area contributed by atoms with Gasteiger partial charge in [0.2, 0.25) is 5.91 Å². The number of carbonyl (C=O) groups excluding carboxylic acids is 1. The monoisotopic (exact) mass is 484 g/mol. The minimum Gasteiger partial charge on any atom is -0.467 e. The second-order valence-electron chi connectivity index (χ2n) is 8.97. The minimum absolute atomic E-state index is 0.0484. The molecule has 1 aliphatic rings. The van der Waals surface area contributed by atoms with Gasteiger partial charge in [0.15, 0.2) is 5.16 Å². The molecule has 0 radical (unpaired) electrons. The van der Waals surface area contributed by atoms with Crippen molar-refractivity contribution in [1.82, 2.24) is 14.9 Å². The Morgan fingerprint density at radius 1 is 1.39 bits per heavy atom. The maximum atomic E-state index is 13.7. The van der Waals surface area contributed by atoms with E-state index in [1.54, 1.807) is 42.1 Å². The highest BCUT2D eigenvalue weighted by atomic mass is 32.2. The number of nitriles is 1. The lowest BCUT2D eigenvalue weighted by atomic mass is 9.90. The third-order valence-electron chi connectivity index (χ3n) is 6.36. The minimum atomic E-state index is -0.968. The van der Waals surface area contributed by atoms with E-state index in [1.165, 1.54) is 16.6 Å². The van der Waals surface area contributed by atoms with Crippen LogP contribution in [0.15, 0.2) is 32.8 Å². The molecule has 3 heterocycles. The quantitative estimate of drug-likeness (QED) is 0.391. The number of fused-ring (bicyclic) bond motifs is 3. The van der Waals surface area contributed by atoms with Crippen LogP contribution in [0.3, 0.4) is 0 Å². The number of hydrogen-bond donors (Lipinski definition) is 1. The molecule has 7 nitrogen and oxygen atoms in total. The summed E-state index contributed by atoms with van der Waals surface area (Å²) < 4.78 is 7.12. The predicted octanol–water partition coefficient (Wildman–Crippen LogP) is 4.51. The molecule has 0 spiro atoms. The first kappa shape index (κ1) is 23.6. The molecule has 1 aliphatic carbocycles. The molecule has 0 fully saturated rings. The van der Waals surface area contributed by atoms with E-state index in [9.17, 15) is 14.9 Å². The summed E-state index contributed by atoms with van der Waals surface area (Å²) in [5.41, 5.74) is 0.0789. The fourth-order valence-corrected chi connectivity index (χ4v) is 6.09. The normalized spacial score (nSPS) is 16.2. The van der Waals surface area contributed by atoms with Crippen LogP contribution in [0.5, 0.6) is 0 Å². The topological polar surface area (TPSA) is 101 Å². The van der Waals surface area contributed by atoms with E-state index in [0.717, 1.165) is 36.1 Å². The highest BCUT2D eigenvalue weighted by Gasteiger charge is 2.32. The fourth-order valence-electron chi connectivity index (χ4n) is 3.88. The molecule has 3 aromatic heterocycles. The van der Waals surface area contributed by atoms with Gasteiger partial charge in [-0.1, -0.05) is 25.6 Å². The van der Waals surface area contributed by atoms with E-state index in [2.05, 4.69) is 11.4 Å². The van der Waals surface area contributed by atoms with Crippen molar-refractivity contribution in [3.8, 4) is 6.07 Å². The van der Waals surface area contributed by atoms with Crippen LogP contribution in [0.1, 0.15) is 56.7 Å². The number of thioether (sulfide) groups is 1. The van der Waals surface area contributed by atoms with Crippen LogP contribution < -0.4 is 10.9 Å². The maximum absolute atomic E-state index is 13.7. The Morgan fingerprint density at radius 2 is 2.15 bits per heavy atom. The second kappa shape index (κ2) is 9.35. The Bertz CT molecular complexity index is 1270. The zero-order valence-electron chi connectivity index (χ0n) is 19.3. The first-order valence-corrected chi connectivity index (χ1v) is 12.9. The van der Waals surface area contributed by atoms with Gasteiger partial charge in [0.1, 0.15) is 16.1 Å². The van der Waals surface area contributed by atoms with Crippen molar-refractivity contribution in [3.05, 3.63) is 45.0 Å². The van der Waals surface area contributed by atoms with Gasteiger partial charge in [-0.05, 0) is 63.1 Å². The van der Waals surface area contributed by atoms with Gasteiger partial charge in [0.05, 0.1) is 29.5 Å². The molecular weight excluding hydrogens is 456 g/mol. The fraction of sp³-hybridized carbons (Fsp3) is 0.500. The molecule has 2 atom stereocenters. The molecule has 2 unspecified atom stereocenters. The highest BCUT2D eigenvalue weighted by Crippen LogP contribution is 2.35. The van der Waals surface area contributed by atoms with Gasteiger partial charge in [-0.25, -0.2) is 4.98 Å². The summed E-state index contributed by atoms with van der Waals surface area (Å²) in [6.07, 6.45) is 5.68. The summed E-state index contributed by atoms with van der Waals surface area (Å²) in [6, 6.07) is 5.82. The van der Waals surface area contributed by atoms with Gasteiger partial charge in [-0.15, -0.1) is 11.3 Å². The number of hydrogen-bond acceptors (Lipinski definition) is 7. The number of thiophene rings is 1. The van der Waals surface area contributed by atoms with Crippen LogP contribution in [0.25, 0.3) is 10.2 Å². The molecule has 0 saturated heterocycles.